The molecule has 0 amide bonds. The molecule has 0 saturated heterocycles. The van der Waals surface area contributed by atoms with E-state index in [2.05, 4.69) is 22.9 Å². The van der Waals surface area contributed by atoms with Crippen LogP contribution in [0.25, 0.3) is 10.7 Å². The number of hydrogen-bond acceptors (Lipinski definition) is 3. The Morgan fingerprint density at radius 3 is 3.06 bits per heavy atom. The van der Waals surface area contributed by atoms with Gasteiger partial charge in [0.05, 0.1) is 10.6 Å². The summed E-state index contributed by atoms with van der Waals surface area (Å²) < 4.78 is 2.42. The monoisotopic (exact) mass is 261 g/mol. The zero-order chi connectivity index (χ0) is 12.5. The fraction of sp³-hybridized carbons (Fsp3) is 0.500. The number of hydrogen-bond donors (Lipinski definition) is 1. The molecule has 4 heteroatoms. The number of fused-ring (bicyclic) bond motifs is 1. The van der Waals surface area contributed by atoms with Crippen molar-refractivity contribution in [2.75, 3.05) is 6.54 Å². The third-order valence-electron chi connectivity index (χ3n) is 3.65. The molecule has 0 saturated carbocycles. The van der Waals surface area contributed by atoms with E-state index in [4.69, 9.17) is 10.7 Å². The summed E-state index contributed by atoms with van der Waals surface area (Å²) in [6.07, 6.45) is 4.61. The average molecular weight is 261 g/mol. The van der Waals surface area contributed by atoms with E-state index in [9.17, 15) is 0 Å². The smallest absolute Gasteiger partial charge is 0.150 e. The van der Waals surface area contributed by atoms with Crippen molar-refractivity contribution in [1.29, 1.82) is 0 Å². The van der Waals surface area contributed by atoms with Crippen LogP contribution < -0.4 is 5.73 Å². The lowest BCUT2D eigenvalue weighted by atomic mass is 10.1. The van der Waals surface area contributed by atoms with Crippen LogP contribution in [0.5, 0.6) is 0 Å². The number of nitrogens with zero attached hydrogens (tertiary/aromatic N) is 2. The largest absolute Gasteiger partial charge is 0.330 e. The van der Waals surface area contributed by atoms with Gasteiger partial charge < -0.3 is 10.3 Å². The highest BCUT2D eigenvalue weighted by Crippen LogP contribution is 2.32. The highest BCUT2D eigenvalue weighted by molar-refractivity contribution is 7.13. The van der Waals surface area contributed by atoms with Crippen molar-refractivity contribution in [3.8, 4) is 10.7 Å². The molecule has 1 aliphatic rings. The molecule has 3 nitrogen and oxygen atoms in total. The maximum absolute atomic E-state index is 5.70. The molecule has 0 aliphatic carbocycles. The highest BCUT2D eigenvalue weighted by Gasteiger charge is 2.21. The highest BCUT2D eigenvalue weighted by atomic mass is 32.1. The second-order valence-electron chi connectivity index (χ2n) is 4.91. The number of thiophene rings is 1. The van der Waals surface area contributed by atoms with Crippen LogP contribution in [0.4, 0.5) is 0 Å². The summed E-state index contributed by atoms with van der Waals surface area (Å²) in [7, 11) is 0. The van der Waals surface area contributed by atoms with Gasteiger partial charge in [-0.25, -0.2) is 4.98 Å². The molecule has 0 radical (unpaired) electrons. The Kier molecular flexibility index (Phi) is 3.22. The summed E-state index contributed by atoms with van der Waals surface area (Å²) in [6, 6.07) is 2.17. The van der Waals surface area contributed by atoms with Crippen LogP contribution in [0, 0.1) is 6.92 Å². The first-order valence-corrected chi connectivity index (χ1v) is 7.52. The predicted molar refractivity (Wildman–Crippen MR) is 76.0 cm³/mol. The SMILES string of the molecule is Cc1ccsc1-c1nc(CCN)c2n1CCCC2. The molecule has 1 aliphatic heterocycles. The van der Waals surface area contributed by atoms with E-state index in [0.29, 0.717) is 6.54 Å². The second kappa shape index (κ2) is 4.86. The molecule has 0 atom stereocenters. The summed E-state index contributed by atoms with van der Waals surface area (Å²) in [6.45, 7) is 3.96. The van der Waals surface area contributed by atoms with Gasteiger partial charge in [0.1, 0.15) is 0 Å². The molecule has 0 fully saturated rings. The van der Waals surface area contributed by atoms with Gasteiger partial charge in [-0.2, -0.15) is 0 Å². The van der Waals surface area contributed by atoms with Crippen molar-refractivity contribution in [3.63, 3.8) is 0 Å². The summed E-state index contributed by atoms with van der Waals surface area (Å²) >= 11 is 1.79. The van der Waals surface area contributed by atoms with Crippen molar-refractivity contribution < 1.29 is 0 Å². The van der Waals surface area contributed by atoms with E-state index in [1.54, 1.807) is 11.3 Å². The lowest BCUT2D eigenvalue weighted by Gasteiger charge is -2.17. The Hall–Kier alpha value is -1.13. The molecular weight excluding hydrogens is 242 g/mol. The van der Waals surface area contributed by atoms with E-state index >= 15 is 0 Å². The lowest BCUT2D eigenvalue weighted by molar-refractivity contribution is 0.533. The minimum atomic E-state index is 0.687. The molecule has 0 spiro atoms. The van der Waals surface area contributed by atoms with Crippen LogP contribution in [0.1, 0.15) is 29.8 Å². The summed E-state index contributed by atoms with van der Waals surface area (Å²) in [5.74, 6) is 1.17. The Balaban J connectivity index is 2.12. The molecule has 0 aromatic carbocycles. The Morgan fingerprint density at radius 2 is 2.33 bits per heavy atom. The van der Waals surface area contributed by atoms with Crippen LogP contribution in [0.2, 0.25) is 0 Å². The molecule has 3 heterocycles. The Labute approximate surface area is 112 Å². The molecule has 18 heavy (non-hydrogen) atoms. The second-order valence-corrected chi connectivity index (χ2v) is 5.83. The molecule has 0 bridgehead atoms. The molecule has 0 unspecified atom stereocenters. The number of imidazole rings is 1. The lowest BCUT2D eigenvalue weighted by Crippen LogP contribution is -2.13. The fourth-order valence-corrected chi connectivity index (χ4v) is 3.65. The van der Waals surface area contributed by atoms with Crippen molar-refractivity contribution in [2.24, 2.45) is 5.73 Å². The minimum absolute atomic E-state index is 0.687. The minimum Gasteiger partial charge on any atom is -0.330 e. The van der Waals surface area contributed by atoms with Crippen molar-refractivity contribution in [3.05, 3.63) is 28.4 Å². The van der Waals surface area contributed by atoms with Gasteiger partial charge in [0.2, 0.25) is 0 Å². The summed E-state index contributed by atoms with van der Waals surface area (Å²) in [5.41, 5.74) is 9.68. The van der Waals surface area contributed by atoms with Crippen LogP contribution in [0.15, 0.2) is 11.4 Å². The maximum Gasteiger partial charge on any atom is 0.150 e. The molecule has 2 N–H and O–H groups in total. The zero-order valence-corrected chi connectivity index (χ0v) is 11.6. The van der Waals surface area contributed by atoms with Gasteiger partial charge in [-0.1, -0.05) is 0 Å². The van der Waals surface area contributed by atoms with E-state index in [-0.39, 0.29) is 0 Å². The number of aryl methyl sites for hydroxylation is 1. The summed E-state index contributed by atoms with van der Waals surface area (Å²) in [5, 5.41) is 2.15. The average Bonchev–Trinajstić information content (AvgIpc) is 2.95. The van der Waals surface area contributed by atoms with E-state index in [1.807, 2.05) is 0 Å². The van der Waals surface area contributed by atoms with Gasteiger partial charge in [0.15, 0.2) is 5.82 Å². The van der Waals surface area contributed by atoms with Gasteiger partial charge in [0, 0.05) is 18.7 Å². The van der Waals surface area contributed by atoms with Crippen LogP contribution in [0.3, 0.4) is 0 Å². The van der Waals surface area contributed by atoms with E-state index in [1.165, 1.54) is 40.5 Å². The zero-order valence-electron chi connectivity index (χ0n) is 10.8. The number of nitrogens with two attached hydrogens (primary N) is 1. The van der Waals surface area contributed by atoms with Crippen LogP contribution in [-0.2, 0) is 19.4 Å². The molecule has 2 aromatic heterocycles. The molecule has 3 rings (SSSR count). The normalized spacial score (nSPS) is 14.8. The van der Waals surface area contributed by atoms with Gasteiger partial charge in [-0.15, -0.1) is 11.3 Å². The quantitative estimate of drug-likeness (QED) is 0.923. The first kappa shape index (κ1) is 11.9. The molecular formula is C14H19N3S. The third-order valence-corrected chi connectivity index (χ3v) is 4.66. The Bertz CT molecular complexity index is 553. The van der Waals surface area contributed by atoms with Crippen LogP contribution in [-0.4, -0.2) is 16.1 Å². The van der Waals surface area contributed by atoms with Crippen LogP contribution >= 0.6 is 11.3 Å². The number of rotatable bonds is 3. The fourth-order valence-electron chi connectivity index (χ4n) is 2.73. The third kappa shape index (κ3) is 1.89. The predicted octanol–water partition coefficient (Wildman–Crippen LogP) is 2.76. The van der Waals surface area contributed by atoms with E-state index in [0.717, 1.165) is 19.4 Å². The molecule has 2 aromatic rings. The first-order chi connectivity index (χ1) is 8.81. The van der Waals surface area contributed by atoms with Crippen molar-refractivity contribution >= 4 is 11.3 Å². The van der Waals surface area contributed by atoms with Crippen molar-refractivity contribution in [1.82, 2.24) is 9.55 Å². The summed E-state index contributed by atoms with van der Waals surface area (Å²) in [4.78, 5) is 6.20. The van der Waals surface area contributed by atoms with Gasteiger partial charge in [0.25, 0.3) is 0 Å². The number of aromatic nitrogens is 2. The molecule has 96 valence electrons. The van der Waals surface area contributed by atoms with Gasteiger partial charge in [-0.05, 0) is 49.7 Å². The standard InChI is InChI=1S/C14H19N3S/c1-10-6-9-18-13(10)14-16-11(5-7-15)12-4-2-3-8-17(12)14/h6,9H,2-5,7-8,15H2,1H3. The Morgan fingerprint density at radius 1 is 1.44 bits per heavy atom. The van der Waals surface area contributed by atoms with E-state index < -0.39 is 0 Å². The van der Waals surface area contributed by atoms with Crippen molar-refractivity contribution in [2.45, 2.75) is 39.2 Å². The topological polar surface area (TPSA) is 43.8 Å². The van der Waals surface area contributed by atoms with Gasteiger partial charge >= 0.3 is 0 Å². The first-order valence-electron chi connectivity index (χ1n) is 6.64. The maximum atomic E-state index is 5.70. The van der Waals surface area contributed by atoms with Gasteiger partial charge in [-0.3, -0.25) is 0 Å².